The molecule has 0 saturated carbocycles. The fourth-order valence-corrected chi connectivity index (χ4v) is 3.53. The molecule has 2 aliphatic rings. The zero-order valence-electron chi connectivity index (χ0n) is 12.1. The molecule has 2 unspecified atom stereocenters. The lowest BCUT2D eigenvalue weighted by molar-refractivity contribution is 0.435. The standard InChI is InChI=1S/C16H27N/c1-6-12-10-11(3)13-8-9-16(4,5)15(13)17-14(12)7-2/h11-12H,6-10H2,1-5H3. The summed E-state index contributed by atoms with van der Waals surface area (Å²) in [5.41, 5.74) is 4.88. The quantitative estimate of drug-likeness (QED) is 0.638. The molecule has 1 heterocycles. The molecule has 2 rings (SSSR count). The van der Waals surface area contributed by atoms with Gasteiger partial charge in [-0.25, -0.2) is 0 Å². The van der Waals surface area contributed by atoms with E-state index in [1.165, 1.54) is 37.1 Å². The molecule has 1 heteroatoms. The van der Waals surface area contributed by atoms with E-state index < -0.39 is 0 Å². The van der Waals surface area contributed by atoms with Gasteiger partial charge in [0.15, 0.2) is 0 Å². The predicted molar refractivity (Wildman–Crippen MR) is 75.3 cm³/mol. The summed E-state index contributed by atoms with van der Waals surface area (Å²) in [6.45, 7) is 11.7. The summed E-state index contributed by atoms with van der Waals surface area (Å²) >= 11 is 0. The van der Waals surface area contributed by atoms with Crippen LogP contribution in [0.25, 0.3) is 0 Å². The predicted octanol–water partition coefficient (Wildman–Crippen LogP) is 4.98. The summed E-state index contributed by atoms with van der Waals surface area (Å²) in [7, 11) is 0. The van der Waals surface area contributed by atoms with E-state index in [-0.39, 0.29) is 0 Å². The fraction of sp³-hybridized carbons (Fsp3) is 0.812. The Balaban J connectivity index is 2.43. The maximum atomic E-state index is 5.11. The Morgan fingerprint density at radius 1 is 1.29 bits per heavy atom. The molecule has 0 aromatic rings. The van der Waals surface area contributed by atoms with Crippen molar-refractivity contribution in [3.8, 4) is 0 Å². The molecule has 0 fully saturated rings. The normalized spacial score (nSPS) is 32.2. The van der Waals surface area contributed by atoms with Gasteiger partial charge in [-0.1, -0.05) is 34.6 Å². The largest absolute Gasteiger partial charge is 0.261 e. The van der Waals surface area contributed by atoms with Crippen LogP contribution in [0.1, 0.15) is 66.7 Å². The molecule has 1 aliphatic carbocycles. The number of aliphatic imine (C=N–C) groups is 1. The van der Waals surface area contributed by atoms with Crippen LogP contribution in [0.5, 0.6) is 0 Å². The molecule has 2 atom stereocenters. The van der Waals surface area contributed by atoms with Gasteiger partial charge in [-0.05, 0) is 49.5 Å². The molecule has 0 aromatic heterocycles. The lowest BCUT2D eigenvalue weighted by Crippen LogP contribution is -2.16. The van der Waals surface area contributed by atoms with Crippen LogP contribution in [0.15, 0.2) is 16.3 Å². The maximum absolute atomic E-state index is 5.11. The average molecular weight is 233 g/mol. The van der Waals surface area contributed by atoms with Crippen molar-refractivity contribution in [3.63, 3.8) is 0 Å². The van der Waals surface area contributed by atoms with Crippen molar-refractivity contribution >= 4 is 5.71 Å². The van der Waals surface area contributed by atoms with E-state index in [0.29, 0.717) is 5.41 Å². The van der Waals surface area contributed by atoms with Gasteiger partial charge in [-0.2, -0.15) is 0 Å². The zero-order valence-corrected chi connectivity index (χ0v) is 12.1. The highest BCUT2D eigenvalue weighted by atomic mass is 14.8. The Bertz CT molecular complexity index is 360. The molecule has 1 nitrogen and oxygen atoms in total. The third kappa shape index (κ3) is 2.21. The third-order valence-corrected chi connectivity index (χ3v) is 4.78. The van der Waals surface area contributed by atoms with Crippen LogP contribution in [0.4, 0.5) is 0 Å². The molecule has 0 aromatic carbocycles. The molecule has 1 aliphatic heterocycles. The van der Waals surface area contributed by atoms with Gasteiger partial charge in [-0.3, -0.25) is 4.99 Å². The first-order chi connectivity index (χ1) is 7.99. The van der Waals surface area contributed by atoms with Crippen LogP contribution in [0.3, 0.4) is 0 Å². The topological polar surface area (TPSA) is 12.4 Å². The Morgan fingerprint density at radius 2 is 2.00 bits per heavy atom. The van der Waals surface area contributed by atoms with Gasteiger partial charge in [-0.15, -0.1) is 0 Å². The molecular formula is C16H27N. The van der Waals surface area contributed by atoms with Crippen molar-refractivity contribution in [3.05, 3.63) is 11.3 Å². The molecule has 0 N–H and O–H groups in total. The summed E-state index contributed by atoms with van der Waals surface area (Å²) < 4.78 is 0. The van der Waals surface area contributed by atoms with E-state index in [2.05, 4.69) is 34.6 Å². The van der Waals surface area contributed by atoms with Crippen LogP contribution < -0.4 is 0 Å². The van der Waals surface area contributed by atoms with Crippen molar-refractivity contribution in [2.24, 2.45) is 22.2 Å². The molecule has 0 bridgehead atoms. The van der Waals surface area contributed by atoms with Crippen molar-refractivity contribution in [1.82, 2.24) is 0 Å². The first-order valence-corrected chi connectivity index (χ1v) is 7.30. The minimum atomic E-state index is 0.312. The van der Waals surface area contributed by atoms with Crippen LogP contribution in [0, 0.1) is 17.3 Å². The summed E-state index contributed by atoms with van der Waals surface area (Å²) in [5.74, 6) is 1.46. The highest BCUT2D eigenvalue weighted by Crippen LogP contribution is 2.48. The highest BCUT2D eigenvalue weighted by Gasteiger charge is 2.37. The van der Waals surface area contributed by atoms with Gasteiger partial charge in [0.2, 0.25) is 0 Å². The SMILES string of the molecule is CCC1=NC2=C(CCC2(C)C)C(C)CC1CC. The summed E-state index contributed by atoms with van der Waals surface area (Å²) in [4.78, 5) is 5.11. The number of hydrogen-bond donors (Lipinski definition) is 0. The second kappa shape index (κ2) is 4.59. The van der Waals surface area contributed by atoms with E-state index >= 15 is 0 Å². The van der Waals surface area contributed by atoms with Gasteiger partial charge < -0.3 is 0 Å². The van der Waals surface area contributed by atoms with Crippen LogP contribution >= 0.6 is 0 Å². The molecule has 0 radical (unpaired) electrons. The van der Waals surface area contributed by atoms with Crippen molar-refractivity contribution < 1.29 is 0 Å². The van der Waals surface area contributed by atoms with Gasteiger partial charge >= 0.3 is 0 Å². The van der Waals surface area contributed by atoms with E-state index in [9.17, 15) is 0 Å². The number of nitrogens with zero attached hydrogens (tertiary/aromatic N) is 1. The highest BCUT2D eigenvalue weighted by molar-refractivity contribution is 5.88. The second-order valence-electron chi connectivity index (χ2n) is 6.46. The van der Waals surface area contributed by atoms with E-state index in [4.69, 9.17) is 4.99 Å². The molecule has 17 heavy (non-hydrogen) atoms. The monoisotopic (exact) mass is 233 g/mol. The van der Waals surface area contributed by atoms with Gasteiger partial charge in [0.05, 0.1) is 0 Å². The van der Waals surface area contributed by atoms with E-state index in [0.717, 1.165) is 18.3 Å². The number of hydrogen-bond acceptors (Lipinski definition) is 1. The Kier molecular flexibility index (Phi) is 3.47. The van der Waals surface area contributed by atoms with Gasteiger partial charge in [0, 0.05) is 16.8 Å². The van der Waals surface area contributed by atoms with Gasteiger partial charge in [0.1, 0.15) is 0 Å². The maximum Gasteiger partial charge on any atom is 0.0454 e. The minimum Gasteiger partial charge on any atom is -0.261 e. The lowest BCUT2D eigenvalue weighted by Gasteiger charge is -2.21. The van der Waals surface area contributed by atoms with Crippen LogP contribution in [0.2, 0.25) is 0 Å². The fourth-order valence-electron chi connectivity index (χ4n) is 3.53. The Labute approximate surface area is 106 Å². The summed E-state index contributed by atoms with van der Waals surface area (Å²) in [6, 6.07) is 0. The summed E-state index contributed by atoms with van der Waals surface area (Å²) in [5, 5.41) is 0. The minimum absolute atomic E-state index is 0.312. The first kappa shape index (κ1) is 12.9. The van der Waals surface area contributed by atoms with Crippen molar-refractivity contribution in [2.75, 3.05) is 0 Å². The van der Waals surface area contributed by atoms with Crippen LogP contribution in [-0.2, 0) is 0 Å². The molecule has 0 amide bonds. The zero-order chi connectivity index (χ0) is 12.6. The van der Waals surface area contributed by atoms with Crippen molar-refractivity contribution in [2.45, 2.75) is 66.7 Å². The molecule has 96 valence electrons. The third-order valence-electron chi connectivity index (χ3n) is 4.78. The molecular weight excluding hydrogens is 206 g/mol. The lowest BCUT2D eigenvalue weighted by atomic mass is 9.86. The Morgan fingerprint density at radius 3 is 2.59 bits per heavy atom. The van der Waals surface area contributed by atoms with E-state index in [1.54, 1.807) is 5.57 Å². The smallest absolute Gasteiger partial charge is 0.0454 e. The van der Waals surface area contributed by atoms with Crippen molar-refractivity contribution in [1.29, 1.82) is 0 Å². The van der Waals surface area contributed by atoms with E-state index in [1.807, 2.05) is 0 Å². The summed E-state index contributed by atoms with van der Waals surface area (Å²) in [6.07, 6.45) is 6.26. The number of allylic oxidation sites excluding steroid dienone is 2. The average Bonchev–Trinajstić information content (AvgIpc) is 2.50. The second-order valence-corrected chi connectivity index (χ2v) is 6.46. The first-order valence-electron chi connectivity index (χ1n) is 7.30. The molecule has 0 spiro atoms. The molecule has 0 saturated heterocycles. The number of rotatable bonds is 2. The van der Waals surface area contributed by atoms with Gasteiger partial charge in [0.25, 0.3) is 0 Å². The van der Waals surface area contributed by atoms with Crippen LogP contribution in [-0.4, -0.2) is 5.71 Å². The Hall–Kier alpha value is -0.590.